The largest absolute Gasteiger partial charge is 0.349 e. The van der Waals surface area contributed by atoms with Gasteiger partial charge in [0.05, 0.1) is 16.7 Å². The minimum Gasteiger partial charge on any atom is -0.349 e. The quantitative estimate of drug-likeness (QED) is 0.657. The number of thioether (sulfide) groups is 1. The third-order valence-electron chi connectivity index (χ3n) is 3.30. The molecule has 2 N–H and O–H groups in total. The monoisotopic (exact) mass is 362 g/mol. The molecular weight excluding hydrogens is 347 g/mol. The summed E-state index contributed by atoms with van der Waals surface area (Å²) in [5, 5.41) is 12.3. The lowest BCUT2D eigenvalue weighted by Crippen LogP contribution is -2.28. The summed E-state index contributed by atoms with van der Waals surface area (Å²) in [6, 6.07) is 9.80. The van der Waals surface area contributed by atoms with Crippen molar-refractivity contribution in [2.24, 2.45) is 0 Å². The number of benzene rings is 1. The number of hydrogen-bond donors (Lipinski definition) is 2. The summed E-state index contributed by atoms with van der Waals surface area (Å²) in [7, 11) is 0. The lowest BCUT2D eigenvalue weighted by Gasteiger charge is -2.13. The molecule has 1 atom stereocenters. The first-order chi connectivity index (χ1) is 11.6. The van der Waals surface area contributed by atoms with Crippen LogP contribution in [0.15, 0.2) is 46.9 Å². The molecule has 1 aromatic carbocycles. The molecule has 0 aliphatic heterocycles. The highest BCUT2D eigenvalue weighted by molar-refractivity contribution is 7.99. The van der Waals surface area contributed by atoms with E-state index in [-0.39, 0.29) is 23.5 Å². The average molecular weight is 362 g/mol. The number of nitrogens with one attached hydrogen (secondary N) is 2. The molecule has 0 fully saturated rings. The highest BCUT2D eigenvalue weighted by Crippen LogP contribution is 2.23. The van der Waals surface area contributed by atoms with Gasteiger partial charge in [-0.3, -0.25) is 9.89 Å². The van der Waals surface area contributed by atoms with Crippen LogP contribution < -0.4 is 5.32 Å². The Bertz CT molecular complexity index is 802. The number of aromatic amines is 1. The number of carbonyl (C=O) groups is 1. The van der Waals surface area contributed by atoms with Crippen LogP contribution in [-0.2, 0) is 4.79 Å². The molecular formula is C16H15FN4OS2. The Morgan fingerprint density at radius 3 is 2.88 bits per heavy atom. The predicted octanol–water partition coefficient (Wildman–Crippen LogP) is 3.64. The molecule has 3 rings (SSSR count). The first-order valence-electron chi connectivity index (χ1n) is 7.26. The second kappa shape index (κ2) is 7.59. The highest BCUT2D eigenvalue weighted by Gasteiger charge is 2.12. The van der Waals surface area contributed by atoms with Crippen molar-refractivity contribution < 1.29 is 9.18 Å². The molecule has 24 heavy (non-hydrogen) atoms. The van der Waals surface area contributed by atoms with Gasteiger partial charge in [0.1, 0.15) is 5.82 Å². The minimum absolute atomic E-state index is 0.126. The Labute approximate surface area is 146 Å². The molecule has 5 nitrogen and oxygen atoms in total. The summed E-state index contributed by atoms with van der Waals surface area (Å²) in [5.74, 6) is 0.499. The third-order valence-corrected chi connectivity index (χ3v) is 5.02. The first kappa shape index (κ1) is 16.7. The number of halogens is 1. The highest BCUT2D eigenvalue weighted by atomic mass is 32.2. The van der Waals surface area contributed by atoms with Gasteiger partial charge in [-0.15, -0.1) is 16.4 Å². The summed E-state index contributed by atoms with van der Waals surface area (Å²) in [5.41, 5.74) is 0.854. The summed E-state index contributed by atoms with van der Waals surface area (Å²) in [6.45, 7) is 1.86. The second-order valence-electron chi connectivity index (χ2n) is 5.07. The maximum atomic E-state index is 12.9. The van der Waals surface area contributed by atoms with Crippen molar-refractivity contribution in [1.29, 1.82) is 0 Å². The maximum absolute atomic E-state index is 12.9. The van der Waals surface area contributed by atoms with E-state index < -0.39 is 0 Å². The average Bonchev–Trinajstić information content (AvgIpc) is 3.25. The van der Waals surface area contributed by atoms with E-state index in [1.165, 1.54) is 23.9 Å². The van der Waals surface area contributed by atoms with Crippen molar-refractivity contribution in [2.75, 3.05) is 5.75 Å². The smallest absolute Gasteiger partial charge is 0.230 e. The van der Waals surface area contributed by atoms with Crippen molar-refractivity contribution >= 4 is 29.0 Å². The lowest BCUT2D eigenvalue weighted by atomic mass is 10.1. The third kappa shape index (κ3) is 4.21. The molecule has 0 bridgehead atoms. The van der Waals surface area contributed by atoms with Crippen LogP contribution in [0.1, 0.15) is 18.5 Å². The number of rotatable bonds is 6. The fourth-order valence-electron chi connectivity index (χ4n) is 2.08. The molecule has 1 amide bonds. The Kier molecular flexibility index (Phi) is 5.27. The van der Waals surface area contributed by atoms with Gasteiger partial charge in [-0.25, -0.2) is 9.37 Å². The van der Waals surface area contributed by atoms with Crippen LogP contribution in [0.25, 0.3) is 10.7 Å². The summed E-state index contributed by atoms with van der Waals surface area (Å²) < 4.78 is 12.9. The maximum Gasteiger partial charge on any atom is 0.230 e. The molecule has 8 heteroatoms. The van der Waals surface area contributed by atoms with Crippen molar-refractivity contribution in [3.8, 4) is 10.7 Å². The first-order valence-corrected chi connectivity index (χ1v) is 9.12. The van der Waals surface area contributed by atoms with Crippen LogP contribution in [0.4, 0.5) is 4.39 Å². The number of thiophene rings is 1. The van der Waals surface area contributed by atoms with Gasteiger partial charge < -0.3 is 5.32 Å². The van der Waals surface area contributed by atoms with E-state index in [4.69, 9.17) is 0 Å². The Balaban J connectivity index is 1.51. The van der Waals surface area contributed by atoms with Crippen molar-refractivity contribution in [3.05, 3.63) is 53.2 Å². The van der Waals surface area contributed by atoms with E-state index in [2.05, 4.69) is 20.5 Å². The van der Waals surface area contributed by atoms with E-state index in [0.717, 1.165) is 10.4 Å². The molecule has 0 aliphatic carbocycles. The van der Waals surface area contributed by atoms with Gasteiger partial charge >= 0.3 is 0 Å². The number of nitrogens with zero attached hydrogens (tertiary/aromatic N) is 2. The molecule has 0 saturated carbocycles. The molecule has 0 aliphatic rings. The molecule has 124 valence electrons. The van der Waals surface area contributed by atoms with E-state index in [9.17, 15) is 9.18 Å². The summed E-state index contributed by atoms with van der Waals surface area (Å²) in [4.78, 5) is 17.4. The molecule has 0 saturated heterocycles. The topological polar surface area (TPSA) is 70.7 Å². The zero-order valence-corrected chi connectivity index (χ0v) is 14.5. The summed E-state index contributed by atoms with van der Waals surface area (Å²) in [6.07, 6.45) is 0. The van der Waals surface area contributed by atoms with Crippen LogP contribution in [0.5, 0.6) is 0 Å². The standard InChI is InChI=1S/C16H15FN4OS2/c1-10(11-4-6-12(17)7-5-11)18-14(22)9-24-16-19-15(20-21-16)13-3-2-8-23-13/h2-8,10H,9H2,1H3,(H,18,22)(H,19,20,21)/t10-/m1/s1. The molecule has 0 spiro atoms. The van der Waals surface area contributed by atoms with E-state index in [0.29, 0.717) is 11.0 Å². The van der Waals surface area contributed by atoms with Gasteiger partial charge in [-0.1, -0.05) is 30.0 Å². The van der Waals surface area contributed by atoms with Crippen LogP contribution in [0.2, 0.25) is 0 Å². The number of H-pyrrole nitrogens is 1. The number of amides is 1. The fraction of sp³-hybridized carbons (Fsp3) is 0.188. The van der Waals surface area contributed by atoms with E-state index in [1.807, 2.05) is 24.4 Å². The van der Waals surface area contributed by atoms with Crippen LogP contribution in [-0.4, -0.2) is 26.8 Å². The van der Waals surface area contributed by atoms with Gasteiger partial charge in [-0.2, -0.15) is 0 Å². The van der Waals surface area contributed by atoms with E-state index >= 15 is 0 Å². The fourth-order valence-corrected chi connectivity index (χ4v) is 3.36. The van der Waals surface area contributed by atoms with Crippen LogP contribution >= 0.6 is 23.1 Å². The number of hydrogen-bond acceptors (Lipinski definition) is 5. The minimum atomic E-state index is -0.293. The second-order valence-corrected chi connectivity index (χ2v) is 6.96. The lowest BCUT2D eigenvalue weighted by molar-refractivity contribution is -0.119. The zero-order valence-electron chi connectivity index (χ0n) is 12.8. The van der Waals surface area contributed by atoms with Gasteiger partial charge in [0.2, 0.25) is 11.1 Å². The molecule has 2 heterocycles. The molecule has 0 unspecified atom stereocenters. The van der Waals surface area contributed by atoms with Crippen LogP contribution in [0, 0.1) is 5.82 Å². The van der Waals surface area contributed by atoms with Gasteiger partial charge in [0.15, 0.2) is 5.82 Å². The predicted molar refractivity (Wildman–Crippen MR) is 93.4 cm³/mol. The SMILES string of the molecule is C[C@@H](NC(=O)CSc1n[nH]c(-c2cccs2)n1)c1ccc(F)cc1. The molecule has 2 aromatic heterocycles. The van der Waals surface area contributed by atoms with Gasteiger partial charge in [-0.05, 0) is 36.1 Å². The van der Waals surface area contributed by atoms with Crippen molar-refractivity contribution in [2.45, 2.75) is 18.1 Å². The van der Waals surface area contributed by atoms with Crippen molar-refractivity contribution in [3.63, 3.8) is 0 Å². The Morgan fingerprint density at radius 1 is 1.38 bits per heavy atom. The molecule has 0 radical (unpaired) electrons. The van der Waals surface area contributed by atoms with E-state index in [1.54, 1.807) is 23.5 Å². The number of aromatic nitrogens is 3. The van der Waals surface area contributed by atoms with Crippen molar-refractivity contribution in [1.82, 2.24) is 20.5 Å². The normalized spacial score (nSPS) is 12.1. The molecule has 3 aromatic rings. The van der Waals surface area contributed by atoms with Crippen LogP contribution in [0.3, 0.4) is 0 Å². The Morgan fingerprint density at radius 2 is 2.17 bits per heavy atom. The summed E-state index contributed by atoms with van der Waals surface area (Å²) >= 11 is 2.84. The van der Waals surface area contributed by atoms with Gasteiger partial charge in [0.25, 0.3) is 0 Å². The zero-order chi connectivity index (χ0) is 16.9. The van der Waals surface area contributed by atoms with Gasteiger partial charge in [0, 0.05) is 0 Å². The number of carbonyl (C=O) groups excluding carboxylic acids is 1. The Hall–Kier alpha value is -2.19.